The normalized spacial score (nSPS) is 15.0. The standard InChI is InChI=1S/C15H32O2/c1-6-9-10-11-12-13(16)14(4,5)15(17,7-2)8-3/h13,16-17H,6-12H2,1-5H3. The molecule has 0 aromatic carbocycles. The van der Waals surface area contributed by atoms with Crippen LogP contribution < -0.4 is 0 Å². The van der Waals surface area contributed by atoms with Crippen molar-refractivity contribution in [1.82, 2.24) is 0 Å². The van der Waals surface area contributed by atoms with Crippen LogP contribution in [0.3, 0.4) is 0 Å². The lowest BCUT2D eigenvalue weighted by Crippen LogP contribution is -2.50. The molecule has 0 bridgehead atoms. The van der Waals surface area contributed by atoms with Crippen LogP contribution in [0.4, 0.5) is 0 Å². The van der Waals surface area contributed by atoms with Gasteiger partial charge in [-0.05, 0) is 19.3 Å². The van der Waals surface area contributed by atoms with Crippen LogP contribution in [0, 0.1) is 5.41 Å². The van der Waals surface area contributed by atoms with Crippen molar-refractivity contribution < 1.29 is 10.2 Å². The highest BCUT2D eigenvalue weighted by Gasteiger charge is 2.45. The zero-order chi connectivity index (χ0) is 13.5. The molecule has 0 saturated heterocycles. The van der Waals surface area contributed by atoms with Crippen LogP contribution >= 0.6 is 0 Å². The van der Waals surface area contributed by atoms with Gasteiger partial charge in [-0.3, -0.25) is 0 Å². The van der Waals surface area contributed by atoms with Crippen LogP contribution in [-0.2, 0) is 0 Å². The average molecular weight is 244 g/mol. The predicted molar refractivity (Wildman–Crippen MR) is 74.1 cm³/mol. The SMILES string of the molecule is CCCCCCC(O)C(C)(C)C(O)(CC)CC. The van der Waals surface area contributed by atoms with E-state index in [4.69, 9.17) is 0 Å². The van der Waals surface area contributed by atoms with E-state index in [0.29, 0.717) is 12.8 Å². The Balaban J connectivity index is 4.37. The summed E-state index contributed by atoms with van der Waals surface area (Å²) in [5, 5.41) is 20.9. The molecule has 0 aromatic rings. The van der Waals surface area contributed by atoms with Crippen LogP contribution in [0.15, 0.2) is 0 Å². The molecule has 0 fully saturated rings. The van der Waals surface area contributed by atoms with E-state index in [1.807, 2.05) is 27.7 Å². The lowest BCUT2D eigenvalue weighted by Gasteiger charge is -2.45. The van der Waals surface area contributed by atoms with E-state index in [2.05, 4.69) is 6.92 Å². The Kier molecular flexibility index (Phi) is 7.34. The number of aliphatic hydroxyl groups excluding tert-OH is 1. The van der Waals surface area contributed by atoms with E-state index in [-0.39, 0.29) is 0 Å². The van der Waals surface area contributed by atoms with Gasteiger partial charge in [0.1, 0.15) is 0 Å². The molecule has 2 N–H and O–H groups in total. The molecule has 0 aliphatic heterocycles. The summed E-state index contributed by atoms with van der Waals surface area (Å²) in [6.07, 6.45) is 6.47. The molecule has 1 unspecified atom stereocenters. The van der Waals surface area contributed by atoms with Gasteiger partial charge in [0.15, 0.2) is 0 Å². The summed E-state index contributed by atoms with van der Waals surface area (Å²) in [5.41, 5.74) is -1.18. The Morgan fingerprint density at radius 3 is 1.88 bits per heavy atom. The molecule has 0 heterocycles. The third kappa shape index (κ3) is 4.26. The summed E-state index contributed by atoms with van der Waals surface area (Å²) >= 11 is 0. The van der Waals surface area contributed by atoms with Crippen LogP contribution in [0.5, 0.6) is 0 Å². The van der Waals surface area contributed by atoms with Crippen molar-refractivity contribution in [2.75, 3.05) is 0 Å². The Morgan fingerprint density at radius 1 is 0.941 bits per heavy atom. The number of hydrogen-bond donors (Lipinski definition) is 2. The molecule has 0 aliphatic carbocycles. The minimum Gasteiger partial charge on any atom is -0.392 e. The Labute approximate surface area is 107 Å². The lowest BCUT2D eigenvalue weighted by molar-refractivity contribution is -0.132. The highest BCUT2D eigenvalue weighted by atomic mass is 16.3. The summed E-state index contributed by atoms with van der Waals surface area (Å²) in [7, 11) is 0. The first-order valence-corrected chi connectivity index (χ1v) is 7.26. The van der Waals surface area contributed by atoms with Crippen LogP contribution in [0.2, 0.25) is 0 Å². The van der Waals surface area contributed by atoms with Gasteiger partial charge in [-0.15, -0.1) is 0 Å². The average Bonchev–Trinajstić information content (AvgIpc) is 2.32. The fourth-order valence-corrected chi connectivity index (χ4v) is 2.60. The van der Waals surface area contributed by atoms with Crippen molar-refractivity contribution in [2.45, 2.75) is 91.3 Å². The first kappa shape index (κ1) is 16.9. The highest BCUT2D eigenvalue weighted by Crippen LogP contribution is 2.40. The van der Waals surface area contributed by atoms with Crippen molar-refractivity contribution in [3.8, 4) is 0 Å². The van der Waals surface area contributed by atoms with E-state index in [1.54, 1.807) is 0 Å². The summed E-state index contributed by atoms with van der Waals surface area (Å²) in [6.45, 7) is 10.2. The molecule has 0 saturated carbocycles. The van der Waals surface area contributed by atoms with Crippen molar-refractivity contribution in [2.24, 2.45) is 5.41 Å². The largest absolute Gasteiger partial charge is 0.392 e. The summed E-state index contributed by atoms with van der Waals surface area (Å²) < 4.78 is 0. The molecule has 0 amide bonds. The number of unbranched alkanes of at least 4 members (excludes halogenated alkanes) is 3. The van der Waals surface area contributed by atoms with E-state index < -0.39 is 17.1 Å². The minimum atomic E-state index is -0.753. The lowest BCUT2D eigenvalue weighted by atomic mass is 9.67. The van der Waals surface area contributed by atoms with Gasteiger partial charge in [-0.1, -0.05) is 60.3 Å². The van der Waals surface area contributed by atoms with Gasteiger partial charge in [-0.2, -0.15) is 0 Å². The second-order valence-electron chi connectivity index (χ2n) is 5.83. The molecule has 0 spiro atoms. The van der Waals surface area contributed by atoms with Gasteiger partial charge in [0.25, 0.3) is 0 Å². The van der Waals surface area contributed by atoms with Crippen LogP contribution in [0.1, 0.15) is 79.6 Å². The summed E-state index contributed by atoms with van der Waals surface area (Å²) in [4.78, 5) is 0. The third-order valence-corrected chi connectivity index (χ3v) is 4.53. The van der Waals surface area contributed by atoms with E-state index in [1.165, 1.54) is 19.3 Å². The van der Waals surface area contributed by atoms with E-state index >= 15 is 0 Å². The zero-order valence-electron chi connectivity index (χ0n) is 12.4. The van der Waals surface area contributed by atoms with Gasteiger partial charge in [0, 0.05) is 5.41 Å². The predicted octanol–water partition coefficient (Wildman–Crippen LogP) is 3.90. The first-order valence-electron chi connectivity index (χ1n) is 7.26. The van der Waals surface area contributed by atoms with Crippen molar-refractivity contribution in [3.05, 3.63) is 0 Å². The molecule has 0 rings (SSSR count). The minimum absolute atomic E-state index is 0.413. The number of aliphatic hydroxyl groups is 2. The van der Waals surface area contributed by atoms with Gasteiger partial charge in [0.2, 0.25) is 0 Å². The van der Waals surface area contributed by atoms with E-state index in [0.717, 1.165) is 12.8 Å². The highest BCUT2D eigenvalue weighted by molar-refractivity contribution is 4.95. The molecule has 2 heteroatoms. The quantitative estimate of drug-likeness (QED) is 0.604. The van der Waals surface area contributed by atoms with Crippen LogP contribution in [0.25, 0.3) is 0 Å². The molecule has 0 aromatic heterocycles. The maximum atomic E-state index is 10.6. The topological polar surface area (TPSA) is 40.5 Å². The van der Waals surface area contributed by atoms with Gasteiger partial charge < -0.3 is 10.2 Å². The van der Waals surface area contributed by atoms with Crippen molar-refractivity contribution in [1.29, 1.82) is 0 Å². The Hall–Kier alpha value is -0.0800. The molecule has 0 radical (unpaired) electrons. The second-order valence-corrected chi connectivity index (χ2v) is 5.83. The maximum Gasteiger partial charge on any atom is 0.0717 e. The molecule has 17 heavy (non-hydrogen) atoms. The van der Waals surface area contributed by atoms with Gasteiger partial charge >= 0.3 is 0 Å². The molecular weight excluding hydrogens is 212 g/mol. The maximum absolute atomic E-state index is 10.6. The van der Waals surface area contributed by atoms with Crippen molar-refractivity contribution >= 4 is 0 Å². The third-order valence-electron chi connectivity index (χ3n) is 4.53. The van der Waals surface area contributed by atoms with Crippen molar-refractivity contribution in [3.63, 3.8) is 0 Å². The summed E-state index contributed by atoms with van der Waals surface area (Å²) in [6, 6.07) is 0. The summed E-state index contributed by atoms with van der Waals surface area (Å²) in [5.74, 6) is 0. The van der Waals surface area contributed by atoms with Gasteiger partial charge in [0.05, 0.1) is 11.7 Å². The smallest absolute Gasteiger partial charge is 0.0717 e. The molecule has 104 valence electrons. The fraction of sp³-hybridized carbons (Fsp3) is 1.00. The first-order chi connectivity index (χ1) is 7.85. The molecule has 0 aliphatic rings. The van der Waals surface area contributed by atoms with Crippen LogP contribution in [-0.4, -0.2) is 21.9 Å². The molecule has 1 atom stereocenters. The fourth-order valence-electron chi connectivity index (χ4n) is 2.60. The monoisotopic (exact) mass is 244 g/mol. The number of hydrogen-bond acceptors (Lipinski definition) is 2. The zero-order valence-corrected chi connectivity index (χ0v) is 12.4. The Morgan fingerprint density at radius 2 is 1.47 bits per heavy atom. The number of rotatable bonds is 9. The Bertz CT molecular complexity index is 195. The van der Waals surface area contributed by atoms with Gasteiger partial charge in [-0.25, -0.2) is 0 Å². The second kappa shape index (κ2) is 7.38. The van der Waals surface area contributed by atoms with E-state index in [9.17, 15) is 10.2 Å². The molecular formula is C15H32O2. The molecule has 2 nitrogen and oxygen atoms in total.